The van der Waals surface area contributed by atoms with Crippen molar-refractivity contribution >= 4 is 40.2 Å². The molecule has 35 heavy (non-hydrogen) atoms. The third-order valence-electron chi connectivity index (χ3n) is 6.67. The molecule has 182 valence electrons. The normalized spacial score (nSPS) is 19.1. The zero-order valence-electron chi connectivity index (χ0n) is 19.7. The van der Waals surface area contributed by atoms with Crippen molar-refractivity contribution in [2.24, 2.45) is 0 Å². The predicted octanol–water partition coefficient (Wildman–Crippen LogP) is 4.61. The number of carbonyl (C=O) groups excluding carboxylic acids is 1. The summed E-state index contributed by atoms with van der Waals surface area (Å²) in [6.45, 7) is 5.13. The summed E-state index contributed by atoms with van der Waals surface area (Å²) in [6.07, 6.45) is 6.93. The summed E-state index contributed by atoms with van der Waals surface area (Å²) in [4.78, 5) is 24.8. The zero-order valence-corrected chi connectivity index (χ0v) is 21.3. The summed E-state index contributed by atoms with van der Waals surface area (Å²) in [6, 6.07) is 18.0. The molecule has 0 N–H and O–H groups in total. The van der Waals surface area contributed by atoms with E-state index >= 15 is 0 Å². The molecule has 1 unspecified atom stereocenters. The third-order valence-corrected chi connectivity index (χ3v) is 7.72. The lowest BCUT2D eigenvalue weighted by atomic mass is 10.1. The summed E-state index contributed by atoms with van der Waals surface area (Å²) in [7, 11) is 0. The Morgan fingerprint density at radius 1 is 1.03 bits per heavy atom. The van der Waals surface area contributed by atoms with Crippen LogP contribution < -0.4 is 4.90 Å². The van der Waals surface area contributed by atoms with Crippen LogP contribution in [0, 0.1) is 0 Å². The fourth-order valence-electron chi connectivity index (χ4n) is 4.73. The molecule has 3 aromatic rings. The molecule has 0 spiro atoms. The third kappa shape index (κ3) is 6.10. The van der Waals surface area contributed by atoms with E-state index in [1.165, 1.54) is 17.1 Å². The molecule has 0 saturated carbocycles. The number of aromatic nitrogens is 2. The molecule has 2 saturated heterocycles. The minimum Gasteiger partial charge on any atom is -0.338 e. The van der Waals surface area contributed by atoms with Gasteiger partial charge >= 0.3 is 0 Å². The number of halogens is 1. The first-order valence-corrected chi connectivity index (χ1v) is 13.4. The zero-order chi connectivity index (χ0) is 24.0. The standard InChI is InChI=1S/C27H30ClN5OS/c28-23-12-10-22(11-13-23)20-25-29-27(35-30-25)33-15-5-9-24(33)26(34)32-18-16-31(17-19-32)14-4-8-21-6-2-1-3-7-21/h1-4,6-8,10-13,24H,5,9,14-20H2/b8-4+. The summed E-state index contributed by atoms with van der Waals surface area (Å²) in [5.74, 6) is 1.03. The SMILES string of the molecule is O=C(C1CCCN1c1nc(Cc2ccc(Cl)cc2)ns1)N1CCN(C/C=C/c2ccccc2)CC1. The number of benzene rings is 2. The molecule has 3 heterocycles. The maximum absolute atomic E-state index is 13.4. The maximum Gasteiger partial charge on any atom is 0.245 e. The van der Waals surface area contributed by atoms with Gasteiger partial charge in [0, 0.05) is 62.2 Å². The monoisotopic (exact) mass is 507 g/mol. The van der Waals surface area contributed by atoms with E-state index in [1.807, 2.05) is 35.2 Å². The molecule has 1 aromatic heterocycles. The lowest BCUT2D eigenvalue weighted by Gasteiger charge is -2.36. The topological polar surface area (TPSA) is 52.6 Å². The van der Waals surface area contributed by atoms with Crippen LogP contribution in [0.25, 0.3) is 6.08 Å². The summed E-state index contributed by atoms with van der Waals surface area (Å²) < 4.78 is 4.56. The highest BCUT2D eigenvalue weighted by Gasteiger charge is 2.36. The Morgan fingerprint density at radius 2 is 1.80 bits per heavy atom. The van der Waals surface area contributed by atoms with Gasteiger partial charge in [0.05, 0.1) is 0 Å². The fraction of sp³-hybridized carbons (Fsp3) is 0.370. The average Bonchev–Trinajstić information content (AvgIpc) is 3.56. The van der Waals surface area contributed by atoms with E-state index in [2.05, 4.69) is 50.6 Å². The van der Waals surface area contributed by atoms with Crippen LogP contribution in [0.5, 0.6) is 0 Å². The second-order valence-electron chi connectivity index (χ2n) is 9.09. The van der Waals surface area contributed by atoms with Crippen molar-refractivity contribution in [3.8, 4) is 0 Å². The largest absolute Gasteiger partial charge is 0.338 e. The molecule has 2 fully saturated rings. The van der Waals surface area contributed by atoms with Crippen LogP contribution in [0.4, 0.5) is 5.13 Å². The molecule has 5 rings (SSSR count). The minimum atomic E-state index is -0.129. The molecule has 2 aliphatic rings. The van der Waals surface area contributed by atoms with E-state index in [0.717, 1.165) is 73.7 Å². The molecule has 0 aliphatic carbocycles. The predicted molar refractivity (Wildman–Crippen MR) is 143 cm³/mol. The smallest absolute Gasteiger partial charge is 0.245 e. The number of nitrogens with zero attached hydrogens (tertiary/aromatic N) is 5. The van der Waals surface area contributed by atoms with Crippen LogP contribution in [-0.2, 0) is 11.2 Å². The van der Waals surface area contributed by atoms with Crippen molar-refractivity contribution in [2.45, 2.75) is 25.3 Å². The van der Waals surface area contributed by atoms with Gasteiger partial charge in [0.25, 0.3) is 0 Å². The molecule has 2 aromatic carbocycles. The van der Waals surface area contributed by atoms with Gasteiger partial charge in [-0.05, 0) is 36.1 Å². The molecule has 1 atom stereocenters. The Balaban J connectivity index is 1.14. The molecule has 8 heteroatoms. The first-order chi connectivity index (χ1) is 17.2. The number of amides is 1. The molecular formula is C27H30ClN5OS. The number of carbonyl (C=O) groups is 1. The lowest BCUT2D eigenvalue weighted by molar-refractivity contribution is -0.134. The number of anilines is 1. The first kappa shape index (κ1) is 24.0. The van der Waals surface area contributed by atoms with Crippen LogP contribution >= 0.6 is 23.1 Å². The van der Waals surface area contributed by atoms with Crippen molar-refractivity contribution in [3.63, 3.8) is 0 Å². The Kier molecular flexibility index (Phi) is 7.76. The van der Waals surface area contributed by atoms with Crippen LogP contribution in [0.2, 0.25) is 5.02 Å². The first-order valence-electron chi connectivity index (χ1n) is 12.2. The van der Waals surface area contributed by atoms with Gasteiger partial charge in [-0.15, -0.1) is 0 Å². The van der Waals surface area contributed by atoms with Crippen molar-refractivity contribution in [2.75, 3.05) is 44.2 Å². The maximum atomic E-state index is 13.4. The molecule has 1 amide bonds. The molecule has 6 nitrogen and oxygen atoms in total. The van der Waals surface area contributed by atoms with Crippen LogP contribution in [0.1, 0.15) is 29.8 Å². The van der Waals surface area contributed by atoms with E-state index in [1.54, 1.807) is 0 Å². The summed E-state index contributed by atoms with van der Waals surface area (Å²) in [5, 5.41) is 1.58. The van der Waals surface area contributed by atoms with Gasteiger partial charge in [-0.1, -0.05) is 66.2 Å². The fourth-order valence-corrected chi connectivity index (χ4v) is 5.62. The summed E-state index contributed by atoms with van der Waals surface area (Å²) >= 11 is 7.39. The van der Waals surface area contributed by atoms with Crippen molar-refractivity contribution in [1.82, 2.24) is 19.2 Å². The Hall–Kier alpha value is -2.74. The number of hydrogen-bond donors (Lipinski definition) is 0. The highest BCUT2D eigenvalue weighted by molar-refractivity contribution is 7.09. The van der Waals surface area contributed by atoms with Crippen LogP contribution in [0.15, 0.2) is 60.7 Å². The van der Waals surface area contributed by atoms with Gasteiger partial charge in [-0.2, -0.15) is 4.37 Å². The molecular weight excluding hydrogens is 478 g/mol. The van der Waals surface area contributed by atoms with Gasteiger partial charge in [0.1, 0.15) is 11.9 Å². The molecule has 2 aliphatic heterocycles. The quantitative estimate of drug-likeness (QED) is 0.467. The van der Waals surface area contributed by atoms with E-state index in [0.29, 0.717) is 6.42 Å². The Morgan fingerprint density at radius 3 is 2.57 bits per heavy atom. The van der Waals surface area contributed by atoms with Crippen molar-refractivity contribution in [3.05, 3.63) is 82.6 Å². The second kappa shape index (κ2) is 11.3. The van der Waals surface area contributed by atoms with E-state index in [4.69, 9.17) is 16.6 Å². The van der Waals surface area contributed by atoms with Crippen molar-refractivity contribution < 1.29 is 4.79 Å². The number of rotatable bonds is 7. The lowest BCUT2D eigenvalue weighted by Crippen LogP contribution is -2.53. The van der Waals surface area contributed by atoms with Gasteiger partial charge in [-0.3, -0.25) is 9.69 Å². The van der Waals surface area contributed by atoms with Crippen LogP contribution in [0.3, 0.4) is 0 Å². The van der Waals surface area contributed by atoms with Gasteiger partial charge in [0.15, 0.2) is 0 Å². The highest BCUT2D eigenvalue weighted by atomic mass is 35.5. The molecule has 0 bridgehead atoms. The Labute approximate surface area is 216 Å². The van der Waals surface area contributed by atoms with E-state index in [-0.39, 0.29) is 11.9 Å². The van der Waals surface area contributed by atoms with Gasteiger partial charge in [0.2, 0.25) is 11.0 Å². The highest BCUT2D eigenvalue weighted by Crippen LogP contribution is 2.29. The van der Waals surface area contributed by atoms with Gasteiger partial charge < -0.3 is 9.80 Å². The van der Waals surface area contributed by atoms with E-state index in [9.17, 15) is 4.79 Å². The van der Waals surface area contributed by atoms with Crippen LogP contribution in [-0.4, -0.2) is 70.4 Å². The average molecular weight is 508 g/mol. The number of piperazine rings is 1. The Bertz CT molecular complexity index is 1140. The summed E-state index contributed by atoms with van der Waals surface area (Å²) in [5.41, 5.74) is 2.35. The van der Waals surface area contributed by atoms with E-state index < -0.39 is 0 Å². The second-order valence-corrected chi connectivity index (χ2v) is 10.3. The van der Waals surface area contributed by atoms with Gasteiger partial charge in [-0.25, -0.2) is 4.98 Å². The minimum absolute atomic E-state index is 0.129. The molecule has 0 radical (unpaired) electrons. The number of hydrogen-bond acceptors (Lipinski definition) is 6. The van der Waals surface area contributed by atoms with Crippen molar-refractivity contribution in [1.29, 1.82) is 0 Å².